The first kappa shape index (κ1) is 13.5. The molecule has 5 nitrogen and oxygen atoms in total. The number of sulfone groups is 1. The van der Waals surface area contributed by atoms with Gasteiger partial charge in [-0.1, -0.05) is 0 Å². The van der Waals surface area contributed by atoms with Gasteiger partial charge in [-0.15, -0.1) is 0 Å². The highest BCUT2D eigenvalue weighted by atomic mass is 32.2. The Labute approximate surface area is 100.0 Å². The van der Waals surface area contributed by atoms with Crippen molar-refractivity contribution >= 4 is 21.9 Å². The molecule has 17 heavy (non-hydrogen) atoms. The van der Waals surface area contributed by atoms with E-state index in [1.54, 1.807) is 13.0 Å². The van der Waals surface area contributed by atoms with Crippen LogP contribution in [0.4, 0.5) is 0 Å². The van der Waals surface area contributed by atoms with Crippen LogP contribution in [0.15, 0.2) is 15.4 Å². The van der Waals surface area contributed by atoms with Crippen molar-refractivity contribution in [1.29, 1.82) is 0 Å². The minimum Gasteiger partial charge on any atom is -0.465 e. The van der Waals surface area contributed by atoms with Gasteiger partial charge in [0.15, 0.2) is 14.7 Å². The maximum atomic E-state index is 11.4. The molecule has 0 radical (unpaired) electrons. The molecule has 94 valence electrons. The van der Waals surface area contributed by atoms with Crippen molar-refractivity contribution in [2.75, 3.05) is 13.4 Å². The second-order valence-electron chi connectivity index (χ2n) is 3.66. The number of esters is 1. The van der Waals surface area contributed by atoms with Crippen LogP contribution < -0.4 is 0 Å². The minimum atomic E-state index is -3.65. The zero-order chi connectivity index (χ0) is 13.2. The topological polar surface area (TPSA) is 73.6 Å². The molecule has 0 aliphatic carbocycles. The number of aryl methyl sites for hydroxylation is 2. The molecule has 6 heteroatoms. The number of hydrogen-bond donors (Lipinski definition) is 0. The molecule has 0 fully saturated rings. The summed E-state index contributed by atoms with van der Waals surface area (Å²) in [6.45, 7) is 3.58. The number of carbonyl (C=O) groups is 1. The number of carbonyl (C=O) groups excluding carboxylic acids is 1. The van der Waals surface area contributed by atoms with Crippen LogP contribution in [0.3, 0.4) is 0 Å². The third-order valence-electron chi connectivity index (χ3n) is 2.24. The van der Waals surface area contributed by atoms with Gasteiger partial charge in [-0.3, -0.25) is 0 Å². The molecule has 1 aromatic rings. The Hall–Kier alpha value is -1.56. The summed E-state index contributed by atoms with van der Waals surface area (Å²) in [5.41, 5.74) is 0.883. The van der Waals surface area contributed by atoms with E-state index in [1.807, 2.05) is 6.92 Å². The number of rotatable bonds is 3. The fraction of sp³-hybridized carbons (Fsp3) is 0.364. The van der Waals surface area contributed by atoms with Gasteiger partial charge in [0.1, 0.15) is 11.5 Å². The first-order valence-electron chi connectivity index (χ1n) is 4.83. The predicted octanol–water partition coefficient (Wildman–Crippen LogP) is 1.45. The summed E-state index contributed by atoms with van der Waals surface area (Å²) >= 11 is 0. The first-order valence-corrected chi connectivity index (χ1v) is 6.72. The van der Waals surface area contributed by atoms with E-state index in [0.29, 0.717) is 11.5 Å². The van der Waals surface area contributed by atoms with Gasteiger partial charge in [0.2, 0.25) is 0 Å². The predicted molar refractivity (Wildman–Crippen MR) is 63.0 cm³/mol. The molecule has 0 unspecified atom stereocenters. The molecule has 0 aliphatic rings. The summed E-state index contributed by atoms with van der Waals surface area (Å²) in [5.74, 6) is 0.0824. The molecule has 0 bridgehead atoms. The molecule has 0 atom stereocenters. The lowest BCUT2D eigenvalue weighted by atomic mass is 10.3. The van der Waals surface area contributed by atoms with Gasteiger partial charge in [0, 0.05) is 12.3 Å². The Balaban J connectivity index is 3.29. The van der Waals surface area contributed by atoms with Gasteiger partial charge in [-0.05, 0) is 25.5 Å². The molecule has 0 aliphatic heterocycles. The summed E-state index contributed by atoms with van der Waals surface area (Å²) in [5, 5.41) is 0. The summed E-state index contributed by atoms with van der Waals surface area (Å²) in [4.78, 5) is 10.9. The highest BCUT2D eigenvalue weighted by Gasteiger charge is 2.22. The standard InChI is InChI=1S/C11H14O5S/c1-7-5-9(16-8(7)2)6-10(11(12)15-3)17(4,13)14/h5-6H,1-4H3. The van der Waals surface area contributed by atoms with E-state index in [4.69, 9.17) is 4.42 Å². The first-order chi connectivity index (χ1) is 7.75. The number of ether oxygens (including phenoxy) is 1. The van der Waals surface area contributed by atoms with Crippen molar-refractivity contribution in [3.8, 4) is 0 Å². The van der Waals surface area contributed by atoms with Crippen molar-refractivity contribution in [3.63, 3.8) is 0 Å². The SMILES string of the molecule is COC(=O)C(=Cc1cc(C)c(C)o1)S(C)(=O)=O. The third-order valence-corrected chi connectivity index (χ3v) is 3.33. The molecular weight excluding hydrogens is 244 g/mol. The van der Waals surface area contributed by atoms with Crippen molar-refractivity contribution in [1.82, 2.24) is 0 Å². The monoisotopic (exact) mass is 258 g/mol. The average Bonchev–Trinajstić information content (AvgIpc) is 2.52. The molecule has 0 aromatic carbocycles. The lowest BCUT2D eigenvalue weighted by Crippen LogP contribution is -2.13. The zero-order valence-corrected chi connectivity index (χ0v) is 10.9. The van der Waals surface area contributed by atoms with Crippen molar-refractivity contribution in [3.05, 3.63) is 28.1 Å². The van der Waals surface area contributed by atoms with Crippen LogP contribution in [0, 0.1) is 13.8 Å². The van der Waals surface area contributed by atoms with Crippen molar-refractivity contribution < 1.29 is 22.4 Å². The van der Waals surface area contributed by atoms with Crippen LogP contribution >= 0.6 is 0 Å². The van der Waals surface area contributed by atoms with E-state index in [-0.39, 0.29) is 0 Å². The Kier molecular flexibility index (Phi) is 3.77. The maximum absolute atomic E-state index is 11.4. The second-order valence-corrected chi connectivity index (χ2v) is 5.64. The van der Waals surface area contributed by atoms with Gasteiger partial charge >= 0.3 is 5.97 Å². The number of methoxy groups -OCH3 is 1. The minimum absolute atomic E-state index is 0.311. The van der Waals surface area contributed by atoms with Gasteiger partial charge < -0.3 is 9.15 Å². The molecule has 0 saturated carbocycles. The molecule has 0 N–H and O–H groups in total. The highest BCUT2D eigenvalue weighted by molar-refractivity contribution is 7.95. The molecule has 0 saturated heterocycles. The Morgan fingerprint density at radius 3 is 2.35 bits per heavy atom. The van der Waals surface area contributed by atoms with E-state index in [2.05, 4.69) is 4.74 Å². The highest BCUT2D eigenvalue weighted by Crippen LogP contribution is 2.18. The van der Waals surface area contributed by atoms with Crippen molar-refractivity contribution in [2.45, 2.75) is 13.8 Å². The number of furan rings is 1. The summed E-state index contributed by atoms with van der Waals surface area (Å²) in [7, 11) is -2.53. The Morgan fingerprint density at radius 2 is 2.00 bits per heavy atom. The van der Waals surface area contributed by atoms with Gasteiger partial charge in [-0.2, -0.15) is 0 Å². The molecule has 1 heterocycles. The lowest BCUT2D eigenvalue weighted by Gasteiger charge is -2.01. The van der Waals surface area contributed by atoms with Crippen LogP contribution in [-0.4, -0.2) is 27.8 Å². The smallest absolute Gasteiger partial charge is 0.349 e. The molecule has 1 aromatic heterocycles. The van der Waals surface area contributed by atoms with Crippen LogP contribution in [-0.2, 0) is 19.4 Å². The summed E-state index contributed by atoms with van der Waals surface area (Å²) in [6.07, 6.45) is 2.11. The quantitative estimate of drug-likeness (QED) is 0.606. The van der Waals surface area contributed by atoms with E-state index in [1.165, 1.54) is 6.08 Å². The van der Waals surface area contributed by atoms with Crippen LogP contribution in [0.5, 0.6) is 0 Å². The zero-order valence-electron chi connectivity index (χ0n) is 10.1. The maximum Gasteiger partial charge on any atom is 0.349 e. The van der Waals surface area contributed by atoms with Crippen LogP contribution in [0.1, 0.15) is 17.1 Å². The molecular formula is C11H14O5S. The van der Waals surface area contributed by atoms with Crippen molar-refractivity contribution in [2.24, 2.45) is 0 Å². The second kappa shape index (κ2) is 4.75. The van der Waals surface area contributed by atoms with Crippen LogP contribution in [0.2, 0.25) is 0 Å². The average molecular weight is 258 g/mol. The fourth-order valence-corrected chi connectivity index (χ4v) is 1.94. The van der Waals surface area contributed by atoms with E-state index in [0.717, 1.165) is 18.9 Å². The molecule has 0 spiro atoms. The van der Waals surface area contributed by atoms with E-state index >= 15 is 0 Å². The molecule has 1 rings (SSSR count). The normalized spacial score (nSPS) is 12.6. The number of hydrogen-bond acceptors (Lipinski definition) is 5. The van der Waals surface area contributed by atoms with E-state index in [9.17, 15) is 13.2 Å². The fourth-order valence-electron chi connectivity index (χ4n) is 1.22. The Morgan fingerprint density at radius 1 is 1.41 bits per heavy atom. The van der Waals surface area contributed by atoms with Gasteiger partial charge in [-0.25, -0.2) is 13.2 Å². The largest absolute Gasteiger partial charge is 0.465 e. The Bertz CT molecular complexity index is 543. The van der Waals surface area contributed by atoms with E-state index < -0.39 is 20.7 Å². The van der Waals surface area contributed by atoms with Gasteiger partial charge in [0.25, 0.3) is 0 Å². The summed E-state index contributed by atoms with van der Waals surface area (Å²) in [6, 6.07) is 1.66. The van der Waals surface area contributed by atoms with Crippen LogP contribution in [0.25, 0.3) is 6.08 Å². The lowest BCUT2D eigenvalue weighted by molar-refractivity contribution is -0.135. The van der Waals surface area contributed by atoms with Gasteiger partial charge in [0.05, 0.1) is 7.11 Å². The third kappa shape index (κ3) is 3.20. The summed E-state index contributed by atoms with van der Waals surface area (Å²) < 4.78 is 32.5. The molecule has 0 amide bonds.